The molecule has 0 aliphatic carbocycles. The third kappa shape index (κ3) is 3.34. The van der Waals surface area contributed by atoms with Crippen molar-refractivity contribution < 1.29 is 19.4 Å². The van der Waals surface area contributed by atoms with Crippen molar-refractivity contribution in [3.63, 3.8) is 0 Å². The number of phenols is 1. The first-order valence-corrected chi connectivity index (χ1v) is 11.7. The number of amides is 1. The van der Waals surface area contributed by atoms with Gasteiger partial charge in [0.05, 0.1) is 17.1 Å². The number of fused-ring (bicyclic) bond motifs is 7. The summed E-state index contributed by atoms with van der Waals surface area (Å²) in [4.78, 5) is 23.0. The number of nitrogens with zero attached hydrogens (tertiary/aromatic N) is 2. The smallest absolute Gasteiger partial charge is 0.410 e. The van der Waals surface area contributed by atoms with Gasteiger partial charge in [-0.15, -0.1) is 0 Å². The maximum absolute atomic E-state index is 12.8. The molecule has 0 spiro atoms. The van der Waals surface area contributed by atoms with E-state index in [4.69, 9.17) is 14.5 Å². The molecule has 1 amide bonds. The van der Waals surface area contributed by atoms with Gasteiger partial charge in [0.25, 0.3) is 0 Å². The predicted octanol–water partition coefficient (Wildman–Crippen LogP) is 6.05. The lowest BCUT2D eigenvalue weighted by atomic mass is 9.93. The summed E-state index contributed by atoms with van der Waals surface area (Å²) in [5.74, 6) is 1.85. The number of nitrogens with one attached hydrogen (secondary N) is 1. The molecule has 1 saturated heterocycles. The van der Waals surface area contributed by atoms with Crippen LogP contribution in [-0.2, 0) is 11.3 Å². The van der Waals surface area contributed by atoms with Crippen LogP contribution in [0.4, 0.5) is 4.79 Å². The van der Waals surface area contributed by atoms with Crippen molar-refractivity contribution in [1.29, 1.82) is 0 Å². The maximum atomic E-state index is 12.8. The molecule has 1 unspecified atom stereocenters. The number of H-pyrrole nitrogens is 1. The SMILES string of the molecule is CC(C)(C)OC(=O)N1CCCC1c1nc2c(ccc3c4c(ccc32)-c2ccc(O)cc2CO4)[nH]1. The Bertz CT molecular complexity index is 1450. The summed E-state index contributed by atoms with van der Waals surface area (Å²) in [6.07, 6.45) is 1.46. The number of aromatic hydroxyl groups is 1. The summed E-state index contributed by atoms with van der Waals surface area (Å²) in [6.45, 7) is 6.72. The number of carbonyl (C=O) groups excluding carboxylic acids is 1. The summed E-state index contributed by atoms with van der Waals surface area (Å²) in [7, 11) is 0. The Kier molecular flexibility index (Phi) is 4.52. The van der Waals surface area contributed by atoms with E-state index >= 15 is 0 Å². The molecule has 2 aliphatic heterocycles. The first-order valence-electron chi connectivity index (χ1n) is 11.7. The Morgan fingerprint density at radius 3 is 2.76 bits per heavy atom. The number of aromatic amines is 1. The summed E-state index contributed by atoms with van der Waals surface area (Å²) in [5, 5.41) is 11.8. The monoisotopic (exact) mass is 457 g/mol. The van der Waals surface area contributed by atoms with Crippen molar-refractivity contribution in [2.75, 3.05) is 6.54 Å². The van der Waals surface area contributed by atoms with E-state index in [0.29, 0.717) is 13.2 Å². The molecule has 3 heterocycles. The second-order valence-corrected chi connectivity index (χ2v) is 10.1. The van der Waals surface area contributed by atoms with Crippen LogP contribution < -0.4 is 4.74 Å². The lowest BCUT2D eigenvalue weighted by Gasteiger charge is -2.27. The van der Waals surface area contributed by atoms with Gasteiger partial charge in [-0.05, 0) is 69.5 Å². The van der Waals surface area contributed by atoms with Gasteiger partial charge in [-0.1, -0.05) is 12.1 Å². The molecule has 7 heteroatoms. The lowest BCUT2D eigenvalue weighted by Crippen LogP contribution is -2.36. The fourth-order valence-electron chi connectivity index (χ4n) is 5.10. The molecule has 1 atom stereocenters. The van der Waals surface area contributed by atoms with Crippen LogP contribution in [0.2, 0.25) is 0 Å². The molecular weight excluding hydrogens is 430 g/mol. The predicted molar refractivity (Wildman–Crippen MR) is 130 cm³/mol. The minimum Gasteiger partial charge on any atom is -0.508 e. The van der Waals surface area contributed by atoms with Crippen LogP contribution in [0, 0.1) is 0 Å². The summed E-state index contributed by atoms with van der Waals surface area (Å²) in [5.41, 5.74) is 4.31. The summed E-state index contributed by atoms with van der Waals surface area (Å²) >= 11 is 0. The standard InChI is InChI=1S/C27H27N3O4/c1-27(2,3)34-26(32)30-12-4-5-22(30)25-28-21-11-10-20-18(23(21)29-25)8-9-19-17-7-6-16(31)13-15(17)14-33-24(19)20/h6-11,13,22,31H,4-5,12,14H2,1-3H3,(H,28,29). The number of ether oxygens (including phenoxy) is 2. The number of benzene rings is 3. The molecule has 0 saturated carbocycles. The molecule has 3 aromatic carbocycles. The van der Waals surface area contributed by atoms with E-state index in [1.165, 1.54) is 0 Å². The van der Waals surface area contributed by atoms with Crippen LogP contribution in [0.3, 0.4) is 0 Å². The van der Waals surface area contributed by atoms with Gasteiger partial charge in [0.2, 0.25) is 0 Å². The van der Waals surface area contributed by atoms with Crippen LogP contribution in [0.15, 0.2) is 42.5 Å². The van der Waals surface area contributed by atoms with Crippen LogP contribution in [-0.4, -0.2) is 38.2 Å². The highest BCUT2D eigenvalue weighted by atomic mass is 16.6. The van der Waals surface area contributed by atoms with Gasteiger partial charge in [-0.2, -0.15) is 0 Å². The largest absolute Gasteiger partial charge is 0.508 e. The van der Waals surface area contributed by atoms with Crippen LogP contribution in [0.5, 0.6) is 11.5 Å². The molecule has 7 nitrogen and oxygen atoms in total. The fraction of sp³-hybridized carbons (Fsp3) is 0.333. The number of aromatic nitrogens is 2. The minimum atomic E-state index is -0.537. The Labute approximate surface area is 197 Å². The number of hydrogen-bond donors (Lipinski definition) is 2. The molecule has 0 radical (unpaired) electrons. The first kappa shape index (κ1) is 20.8. The molecule has 2 N–H and O–H groups in total. The molecule has 34 heavy (non-hydrogen) atoms. The Morgan fingerprint density at radius 2 is 1.94 bits per heavy atom. The number of carbonyl (C=O) groups is 1. The average Bonchev–Trinajstić information content (AvgIpc) is 3.44. The van der Waals surface area contributed by atoms with E-state index in [0.717, 1.165) is 62.9 Å². The molecule has 1 aromatic heterocycles. The van der Waals surface area contributed by atoms with Gasteiger partial charge >= 0.3 is 6.09 Å². The first-order chi connectivity index (χ1) is 16.3. The zero-order valence-electron chi connectivity index (χ0n) is 19.5. The van der Waals surface area contributed by atoms with Crippen molar-refractivity contribution in [2.24, 2.45) is 0 Å². The van der Waals surface area contributed by atoms with Crippen LogP contribution in [0.1, 0.15) is 51.0 Å². The molecule has 0 bridgehead atoms. The van der Waals surface area contributed by atoms with Gasteiger partial charge in [0, 0.05) is 28.4 Å². The number of rotatable bonds is 1. The van der Waals surface area contributed by atoms with E-state index in [1.54, 1.807) is 17.0 Å². The zero-order chi connectivity index (χ0) is 23.6. The third-order valence-corrected chi connectivity index (χ3v) is 6.57. The molecule has 2 aliphatic rings. The Hall–Kier alpha value is -3.74. The van der Waals surface area contributed by atoms with Crippen molar-refractivity contribution in [3.05, 3.63) is 53.9 Å². The van der Waals surface area contributed by atoms with Crippen LogP contribution >= 0.6 is 0 Å². The van der Waals surface area contributed by atoms with E-state index < -0.39 is 5.60 Å². The lowest BCUT2D eigenvalue weighted by molar-refractivity contribution is 0.0219. The van der Waals surface area contributed by atoms with Crippen molar-refractivity contribution in [2.45, 2.75) is 51.9 Å². The average molecular weight is 458 g/mol. The molecule has 174 valence electrons. The molecule has 1 fully saturated rings. The zero-order valence-corrected chi connectivity index (χ0v) is 19.5. The Balaban J connectivity index is 1.41. The van der Waals surface area contributed by atoms with Gasteiger partial charge in [-0.3, -0.25) is 4.90 Å². The molecular formula is C27H27N3O4. The highest BCUT2D eigenvalue weighted by molar-refractivity contribution is 6.09. The number of imidazole rings is 1. The summed E-state index contributed by atoms with van der Waals surface area (Å²) in [6, 6.07) is 13.5. The second kappa shape index (κ2) is 7.38. The molecule has 6 rings (SSSR count). The van der Waals surface area contributed by atoms with Crippen molar-refractivity contribution >= 4 is 27.9 Å². The maximum Gasteiger partial charge on any atom is 0.410 e. The highest BCUT2D eigenvalue weighted by Crippen LogP contribution is 2.44. The fourth-order valence-corrected chi connectivity index (χ4v) is 5.10. The quantitative estimate of drug-likeness (QED) is 0.363. The third-order valence-electron chi connectivity index (χ3n) is 6.57. The number of phenolic OH excluding ortho intramolecular Hbond substituents is 1. The normalized spacial score (nSPS) is 17.5. The second-order valence-electron chi connectivity index (χ2n) is 10.1. The van der Waals surface area contributed by atoms with E-state index in [9.17, 15) is 9.90 Å². The van der Waals surface area contributed by atoms with Gasteiger partial charge in [0.15, 0.2) is 0 Å². The van der Waals surface area contributed by atoms with E-state index in [1.807, 2.05) is 32.9 Å². The summed E-state index contributed by atoms with van der Waals surface area (Å²) < 4.78 is 11.8. The van der Waals surface area contributed by atoms with Crippen molar-refractivity contribution in [3.8, 4) is 22.6 Å². The van der Waals surface area contributed by atoms with Crippen LogP contribution in [0.25, 0.3) is 32.9 Å². The number of hydrogen-bond acceptors (Lipinski definition) is 5. The van der Waals surface area contributed by atoms with E-state index in [-0.39, 0.29) is 17.9 Å². The van der Waals surface area contributed by atoms with Gasteiger partial charge in [-0.25, -0.2) is 9.78 Å². The van der Waals surface area contributed by atoms with Gasteiger partial charge in [0.1, 0.15) is 29.5 Å². The Morgan fingerprint density at radius 1 is 1.15 bits per heavy atom. The van der Waals surface area contributed by atoms with Gasteiger partial charge < -0.3 is 19.6 Å². The minimum absolute atomic E-state index is 0.134. The topological polar surface area (TPSA) is 87.7 Å². The highest BCUT2D eigenvalue weighted by Gasteiger charge is 2.35. The molecule has 4 aromatic rings. The van der Waals surface area contributed by atoms with E-state index in [2.05, 4.69) is 23.2 Å². The van der Waals surface area contributed by atoms with Crippen molar-refractivity contribution in [1.82, 2.24) is 14.9 Å². The number of likely N-dealkylation sites (tertiary alicyclic amines) is 1.